The van der Waals surface area contributed by atoms with Gasteiger partial charge in [0.05, 0.1) is 17.2 Å². The van der Waals surface area contributed by atoms with Gasteiger partial charge in [0.25, 0.3) is 0 Å². The molecule has 1 saturated carbocycles. The van der Waals surface area contributed by atoms with Crippen LogP contribution < -0.4 is 10.6 Å². The first-order valence-electron chi connectivity index (χ1n) is 8.35. The zero-order chi connectivity index (χ0) is 16.7. The van der Waals surface area contributed by atoms with Crippen LogP contribution in [-0.2, 0) is 6.42 Å². The molecule has 3 N–H and O–H groups in total. The maximum Gasteiger partial charge on any atom is 0.191 e. The molecule has 5 nitrogen and oxygen atoms in total. The third kappa shape index (κ3) is 6.34. The van der Waals surface area contributed by atoms with Gasteiger partial charge in [-0.25, -0.2) is 4.98 Å². The Balaban J connectivity index is 0.00000288. The molecular formula is C16H29IN4OS2. The van der Waals surface area contributed by atoms with Crippen LogP contribution in [0.3, 0.4) is 0 Å². The SMILES string of the molecule is CCNC(=NCC1(O)CCC1SCC)NCCc1ncc(C)s1.I. The molecule has 2 atom stereocenters. The van der Waals surface area contributed by atoms with Crippen LogP contribution in [0.15, 0.2) is 11.2 Å². The molecule has 0 aromatic carbocycles. The standard InChI is InChI=1S/C16H28N4OS2.HI/c1-4-17-15(18-9-7-14-19-10-12(3)23-14)20-11-16(21)8-6-13(16)22-5-2;/h10,13,21H,4-9,11H2,1-3H3,(H2,17,18,20);1H. The van der Waals surface area contributed by atoms with E-state index in [1.807, 2.05) is 18.0 Å². The quantitative estimate of drug-likeness (QED) is 0.301. The van der Waals surface area contributed by atoms with Crippen LogP contribution in [0.2, 0.25) is 0 Å². The molecule has 2 unspecified atom stereocenters. The maximum atomic E-state index is 10.6. The lowest BCUT2D eigenvalue weighted by molar-refractivity contribution is -0.0154. The minimum atomic E-state index is -0.630. The summed E-state index contributed by atoms with van der Waals surface area (Å²) in [6.07, 6.45) is 4.75. The van der Waals surface area contributed by atoms with E-state index in [0.29, 0.717) is 11.8 Å². The second-order valence-corrected chi connectivity index (χ2v) is 8.62. The van der Waals surface area contributed by atoms with Gasteiger partial charge in [-0.15, -0.1) is 35.3 Å². The first-order valence-corrected chi connectivity index (χ1v) is 10.2. The Kier molecular flexibility index (Phi) is 9.91. The molecular weight excluding hydrogens is 455 g/mol. The molecule has 0 radical (unpaired) electrons. The van der Waals surface area contributed by atoms with Gasteiger partial charge in [0, 0.05) is 35.8 Å². The molecule has 0 saturated heterocycles. The number of aryl methyl sites for hydroxylation is 1. The van der Waals surface area contributed by atoms with Gasteiger partial charge in [0.1, 0.15) is 0 Å². The fourth-order valence-electron chi connectivity index (χ4n) is 2.58. The van der Waals surface area contributed by atoms with E-state index < -0.39 is 5.60 Å². The summed E-state index contributed by atoms with van der Waals surface area (Å²) in [5.74, 6) is 1.82. The Morgan fingerprint density at radius 3 is 2.83 bits per heavy atom. The van der Waals surface area contributed by atoms with E-state index in [-0.39, 0.29) is 24.0 Å². The number of hydrogen-bond donors (Lipinski definition) is 3. The largest absolute Gasteiger partial charge is 0.387 e. The first kappa shape index (κ1) is 22.0. The molecule has 2 rings (SSSR count). The van der Waals surface area contributed by atoms with Crippen LogP contribution in [0.4, 0.5) is 0 Å². The number of aliphatic imine (C=N–C) groups is 1. The molecule has 0 spiro atoms. The van der Waals surface area contributed by atoms with E-state index in [1.54, 1.807) is 11.3 Å². The zero-order valence-electron chi connectivity index (χ0n) is 14.7. The topological polar surface area (TPSA) is 69.5 Å². The number of guanidine groups is 1. The Labute approximate surface area is 170 Å². The molecule has 1 aromatic heterocycles. The number of halogens is 1. The van der Waals surface area contributed by atoms with Crippen molar-refractivity contribution in [1.29, 1.82) is 0 Å². The lowest BCUT2D eigenvalue weighted by atomic mass is 9.79. The number of thiazole rings is 1. The predicted octanol–water partition coefficient (Wildman–Crippen LogP) is 2.81. The van der Waals surface area contributed by atoms with Crippen molar-refractivity contribution in [3.8, 4) is 0 Å². The van der Waals surface area contributed by atoms with Gasteiger partial charge in [-0.2, -0.15) is 11.8 Å². The van der Waals surface area contributed by atoms with Crippen LogP contribution >= 0.6 is 47.1 Å². The van der Waals surface area contributed by atoms with Crippen molar-refractivity contribution in [2.24, 2.45) is 4.99 Å². The normalized spacial score (nSPS) is 23.3. The summed E-state index contributed by atoms with van der Waals surface area (Å²) in [6, 6.07) is 0. The fraction of sp³-hybridized carbons (Fsp3) is 0.750. The first-order chi connectivity index (χ1) is 11.1. The van der Waals surface area contributed by atoms with E-state index in [1.165, 1.54) is 4.88 Å². The third-order valence-corrected chi connectivity index (χ3v) is 6.34. The summed E-state index contributed by atoms with van der Waals surface area (Å²) in [5.41, 5.74) is -0.630. The third-order valence-electron chi connectivity index (χ3n) is 3.96. The minimum absolute atomic E-state index is 0. The molecule has 1 aliphatic rings. The van der Waals surface area contributed by atoms with Crippen molar-refractivity contribution in [3.05, 3.63) is 16.1 Å². The van der Waals surface area contributed by atoms with Crippen molar-refractivity contribution in [2.45, 2.75) is 50.9 Å². The second-order valence-electron chi connectivity index (χ2n) is 5.82. The number of nitrogens with one attached hydrogen (secondary N) is 2. The van der Waals surface area contributed by atoms with Crippen molar-refractivity contribution in [2.75, 3.05) is 25.4 Å². The van der Waals surface area contributed by atoms with Crippen LogP contribution in [0.1, 0.15) is 36.6 Å². The van der Waals surface area contributed by atoms with Gasteiger partial charge in [-0.05, 0) is 32.4 Å². The van der Waals surface area contributed by atoms with Crippen LogP contribution in [0, 0.1) is 6.92 Å². The number of thioether (sulfide) groups is 1. The molecule has 8 heteroatoms. The average molecular weight is 484 g/mol. The molecule has 138 valence electrons. The van der Waals surface area contributed by atoms with Crippen LogP contribution in [0.5, 0.6) is 0 Å². The molecule has 1 aliphatic carbocycles. The van der Waals surface area contributed by atoms with Crippen molar-refractivity contribution < 1.29 is 5.11 Å². The number of hydrogen-bond acceptors (Lipinski definition) is 5. The zero-order valence-corrected chi connectivity index (χ0v) is 18.6. The lowest BCUT2D eigenvalue weighted by Gasteiger charge is -2.44. The van der Waals surface area contributed by atoms with Crippen LogP contribution in [0.25, 0.3) is 0 Å². The smallest absolute Gasteiger partial charge is 0.191 e. The summed E-state index contributed by atoms with van der Waals surface area (Å²) in [5, 5.41) is 18.7. The Bertz CT molecular complexity index is 526. The summed E-state index contributed by atoms with van der Waals surface area (Å²) < 4.78 is 0. The Morgan fingerprint density at radius 2 is 2.29 bits per heavy atom. The van der Waals surface area contributed by atoms with Gasteiger partial charge in [-0.1, -0.05) is 6.92 Å². The summed E-state index contributed by atoms with van der Waals surface area (Å²) in [4.78, 5) is 10.2. The van der Waals surface area contributed by atoms with E-state index in [2.05, 4.69) is 41.4 Å². The highest BCUT2D eigenvalue weighted by molar-refractivity contribution is 14.0. The van der Waals surface area contributed by atoms with Gasteiger partial charge in [0.15, 0.2) is 5.96 Å². The summed E-state index contributed by atoms with van der Waals surface area (Å²) >= 11 is 3.58. The lowest BCUT2D eigenvalue weighted by Crippen LogP contribution is -2.53. The molecule has 0 aliphatic heterocycles. The Hall–Kier alpha value is -0.0600. The van der Waals surface area contributed by atoms with E-state index in [9.17, 15) is 5.11 Å². The predicted molar refractivity (Wildman–Crippen MR) is 116 cm³/mol. The molecule has 0 amide bonds. The number of rotatable bonds is 8. The number of nitrogens with zero attached hydrogens (tertiary/aromatic N) is 2. The van der Waals surface area contributed by atoms with E-state index in [0.717, 1.165) is 49.1 Å². The highest BCUT2D eigenvalue weighted by atomic mass is 127. The number of aliphatic hydroxyl groups is 1. The molecule has 1 heterocycles. The second kappa shape index (κ2) is 10.8. The summed E-state index contributed by atoms with van der Waals surface area (Å²) in [7, 11) is 0. The van der Waals surface area contributed by atoms with Gasteiger partial charge >= 0.3 is 0 Å². The Morgan fingerprint density at radius 1 is 1.50 bits per heavy atom. The monoisotopic (exact) mass is 484 g/mol. The van der Waals surface area contributed by atoms with Gasteiger partial charge < -0.3 is 15.7 Å². The molecule has 1 aromatic rings. The van der Waals surface area contributed by atoms with Gasteiger partial charge in [0.2, 0.25) is 0 Å². The van der Waals surface area contributed by atoms with Crippen molar-refractivity contribution in [1.82, 2.24) is 15.6 Å². The highest BCUT2D eigenvalue weighted by Crippen LogP contribution is 2.41. The van der Waals surface area contributed by atoms with E-state index >= 15 is 0 Å². The van der Waals surface area contributed by atoms with Gasteiger partial charge in [-0.3, -0.25) is 4.99 Å². The molecule has 0 bridgehead atoms. The van der Waals surface area contributed by atoms with Crippen LogP contribution in [-0.4, -0.2) is 52.3 Å². The van der Waals surface area contributed by atoms with Crippen molar-refractivity contribution in [3.63, 3.8) is 0 Å². The highest BCUT2D eigenvalue weighted by Gasteiger charge is 2.45. The summed E-state index contributed by atoms with van der Waals surface area (Å²) in [6.45, 7) is 8.34. The molecule has 1 fully saturated rings. The van der Waals surface area contributed by atoms with Crippen molar-refractivity contribution >= 4 is 53.0 Å². The van der Waals surface area contributed by atoms with E-state index in [4.69, 9.17) is 0 Å². The molecule has 24 heavy (non-hydrogen) atoms. The average Bonchev–Trinajstić information content (AvgIpc) is 2.94. The fourth-order valence-corrected chi connectivity index (χ4v) is 4.55. The number of aromatic nitrogens is 1. The maximum absolute atomic E-state index is 10.6. The minimum Gasteiger partial charge on any atom is -0.387 e.